The first kappa shape index (κ1) is 19.5. The van der Waals surface area contributed by atoms with Gasteiger partial charge < -0.3 is 9.30 Å². The van der Waals surface area contributed by atoms with Gasteiger partial charge in [-0.3, -0.25) is 9.89 Å². The number of ketones is 1. The van der Waals surface area contributed by atoms with Crippen LogP contribution in [0, 0.1) is 13.8 Å². The quantitative estimate of drug-likeness (QED) is 0.462. The van der Waals surface area contributed by atoms with Gasteiger partial charge in [-0.05, 0) is 45.0 Å². The van der Waals surface area contributed by atoms with E-state index in [0.29, 0.717) is 21.8 Å². The maximum atomic E-state index is 12.6. The summed E-state index contributed by atoms with van der Waals surface area (Å²) in [6, 6.07) is 7.24. The highest BCUT2D eigenvalue weighted by atomic mass is 35.5. The number of Topliss-reactive ketones (excluding diaryl/α,β-unsaturated/α-hetero) is 1. The van der Waals surface area contributed by atoms with Gasteiger partial charge in [0.2, 0.25) is 5.16 Å². The van der Waals surface area contributed by atoms with Crippen LogP contribution in [0.1, 0.15) is 28.7 Å². The van der Waals surface area contributed by atoms with Gasteiger partial charge in [0.25, 0.3) is 0 Å². The molecule has 0 spiro atoms. The number of hydrogen-bond donors (Lipinski definition) is 1. The highest BCUT2D eigenvalue weighted by Crippen LogP contribution is 2.31. The van der Waals surface area contributed by atoms with Crippen molar-refractivity contribution in [1.82, 2.24) is 19.7 Å². The molecule has 0 atom stereocenters. The van der Waals surface area contributed by atoms with Gasteiger partial charge in [-0.25, -0.2) is 4.98 Å². The Morgan fingerprint density at radius 1 is 1.33 bits per heavy atom. The Morgan fingerprint density at radius 2 is 2.11 bits per heavy atom. The van der Waals surface area contributed by atoms with Gasteiger partial charge in [0.05, 0.1) is 18.4 Å². The number of benzene rings is 1. The van der Waals surface area contributed by atoms with Gasteiger partial charge in [0.1, 0.15) is 5.75 Å². The molecule has 0 bridgehead atoms. The van der Waals surface area contributed by atoms with Crippen LogP contribution in [-0.2, 0) is 6.54 Å². The number of aromatic nitrogens is 4. The molecule has 0 fully saturated rings. The fourth-order valence-electron chi connectivity index (χ4n) is 3.07. The number of thioether (sulfide) groups is 1. The number of halogens is 1. The first-order valence-electron chi connectivity index (χ1n) is 8.53. The molecule has 1 aromatic carbocycles. The Bertz CT molecular complexity index is 980. The lowest BCUT2D eigenvalue weighted by molar-refractivity contribution is 0.102. The summed E-state index contributed by atoms with van der Waals surface area (Å²) >= 11 is 7.37. The van der Waals surface area contributed by atoms with Crippen molar-refractivity contribution >= 4 is 29.1 Å². The number of aromatic amines is 1. The normalized spacial score (nSPS) is 11.0. The van der Waals surface area contributed by atoms with E-state index >= 15 is 0 Å². The fourth-order valence-corrected chi connectivity index (χ4v) is 3.93. The van der Waals surface area contributed by atoms with Crippen molar-refractivity contribution in [3.63, 3.8) is 0 Å². The maximum Gasteiger partial charge on any atom is 0.209 e. The summed E-state index contributed by atoms with van der Waals surface area (Å²) in [4.78, 5) is 17.1. The van der Waals surface area contributed by atoms with Crippen molar-refractivity contribution in [2.75, 3.05) is 12.9 Å². The minimum absolute atomic E-state index is 0.0690. The van der Waals surface area contributed by atoms with E-state index in [4.69, 9.17) is 16.3 Å². The largest absolute Gasteiger partial charge is 0.496 e. The van der Waals surface area contributed by atoms with E-state index in [1.165, 1.54) is 11.8 Å². The van der Waals surface area contributed by atoms with E-state index in [2.05, 4.69) is 26.7 Å². The molecule has 0 saturated carbocycles. The number of nitrogens with zero attached hydrogens (tertiary/aromatic N) is 3. The number of hydrogen-bond acceptors (Lipinski definition) is 5. The molecule has 0 saturated heterocycles. The van der Waals surface area contributed by atoms with Crippen LogP contribution in [0.5, 0.6) is 5.75 Å². The van der Waals surface area contributed by atoms with Gasteiger partial charge in [-0.1, -0.05) is 23.4 Å². The number of rotatable bonds is 7. The molecule has 2 heterocycles. The first-order chi connectivity index (χ1) is 12.9. The molecule has 27 heavy (non-hydrogen) atoms. The minimum atomic E-state index is 0.0690. The summed E-state index contributed by atoms with van der Waals surface area (Å²) in [5, 5.41) is 8.17. The molecule has 3 aromatic rings. The van der Waals surface area contributed by atoms with Gasteiger partial charge >= 0.3 is 0 Å². The van der Waals surface area contributed by atoms with Crippen LogP contribution in [0.25, 0.3) is 11.4 Å². The molecule has 0 radical (unpaired) electrons. The van der Waals surface area contributed by atoms with Crippen LogP contribution in [0.15, 0.2) is 29.4 Å². The van der Waals surface area contributed by atoms with Crippen molar-refractivity contribution in [3.8, 4) is 17.1 Å². The average Bonchev–Trinajstić information content (AvgIpc) is 3.24. The molecule has 8 heteroatoms. The third-order valence-electron chi connectivity index (χ3n) is 4.40. The molecule has 0 amide bonds. The zero-order valence-corrected chi connectivity index (χ0v) is 17.2. The van der Waals surface area contributed by atoms with Crippen molar-refractivity contribution in [1.29, 1.82) is 0 Å². The van der Waals surface area contributed by atoms with Gasteiger partial charge in [-0.2, -0.15) is 0 Å². The predicted molar refractivity (Wildman–Crippen MR) is 108 cm³/mol. The zero-order valence-electron chi connectivity index (χ0n) is 15.7. The third-order valence-corrected chi connectivity index (χ3v) is 5.49. The number of H-pyrrole nitrogens is 1. The average molecular weight is 405 g/mol. The van der Waals surface area contributed by atoms with E-state index in [9.17, 15) is 4.79 Å². The molecule has 3 rings (SSSR count). The number of methoxy groups -OCH3 is 1. The second-order valence-electron chi connectivity index (χ2n) is 6.05. The molecule has 0 unspecified atom stereocenters. The molecule has 0 aliphatic rings. The number of carbonyl (C=O) groups excluding carboxylic acids is 1. The Morgan fingerprint density at radius 3 is 2.78 bits per heavy atom. The zero-order chi connectivity index (χ0) is 19.6. The van der Waals surface area contributed by atoms with Crippen LogP contribution in [-0.4, -0.2) is 38.4 Å². The standard InChI is InChI=1S/C19H21ClN4O2S/c1-5-24-11(2)8-14(12(24)3)16(25)10-27-19-21-18(22-23-19)15-9-13(20)6-7-17(15)26-4/h6-9H,5,10H2,1-4H3,(H,21,22,23). The van der Waals surface area contributed by atoms with Crippen molar-refractivity contribution in [2.24, 2.45) is 0 Å². The Balaban J connectivity index is 1.74. The number of ether oxygens (including phenoxy) is 1. The lowest BCUT2D eigenvalue weighted by Crippen LogP contribution is -2.06. The van der Waals surface area contributed by atoms with Gasteiger partial charge in [-0.15, -0.1) is 5.10 Å². The molecule has 2 aromatic heterocycles. The van der Waals surface area contributed by atoms with Crippen LogP contribution >= 0.6 is 23.4 Å². The van der Waals surface area contributed by atoms with Gasteiger partial charge in [0, 0.05) is 28.5 Å². The summed E-state index contributed by atoms with van der Waals surface area (Å²) in [5.74, 6) is 1.54. The summed E-state index contributed by atoms with van der Waals surface area (Å²) in [7, 11) is 1.59. The van der Waals surface area contributed by atoms with E-state index in [0.717, 1.165) is 29.1 Å². The summed E-state index contributed by atoms with van der Waals surface area (Å²) in [5.41, 5.74) is 3.58. The topological polar surface area (TPSA) is 72.8 Å². The van der Waals surface area contributed by atoms with Crippen LogP contribution < -0.4 is 4.74 Å². The summed E-state index contributed by atoms with van der Waals surface area (Å²) < 4.78 is 7.48. The molecule has 0 aliphatic carbocycles. The molecular formula is C19H21ClN4O2S. The van der Waals surface area contributed by atoms with Crippen molar-refractivity contribution in [3.05, 3.63) is 46.2 Å². The number of nitrogens with one attached hydrogen (secondary N) is 1. The Kier molecular flexibility index (Phi) is 5.92. The smallest absolute Gasteiger partial charge is 0.209 e. The van der Waals surface area contributed by atoms with E-state index in [1.54, 1.807) is 25.3 Å². The third kappa shape index (κ3) is 4.04. The van der Waals surface area contributed by atoms with E-state index in [-0.39, 0.29) is 11.5 Å². The molecule has 6 nitrogen and oxygen atoms in total. The van der Waals surface area contributed by atoms with E-state index < -0.39 is 0 Å². The second kappa shape index (κ2) is 8.19. The SMILES string of the molecule is CCn1c(C)cc(C(=O)CSc2n[nH]c(-c3cc(Cl)ccc3OC)n2)c1C. The van der Waals surface area contributed by atoms with E-state index in [1.807, 2.05) is 19.9 Å². The lowest BCUT2D eigenvalue weighted by atomic mass is 10.2. The van der Waals surface area contributed by atoms with Gasteiger partial charge in [0.15, 0.2) is 11.6 Å². The monoisotopic (exact) mass is 404 g/mol. The highest BCUT2D eigenvalue weighted by molar-refractivity contribution is 7.99. The molecule has 0 aliphatic heterocycles. The lowest BCUT2D eigenvalue weighted by Gasteiger charge is -2.05. The van der Waals surface area contributed by atoms with Crippen LogP contribution in [0.3, 0.4) is 0 Å². The first-order valence-corrected chi connectivity index (χ1v) is 9.90. The van der Waals surface area contributed by atoms with Crippen molar-refractivity contribution in [2.45, 2.75) is 32.5 Å². The second-order valence-corrected chi connectivity index (χ2v) is 7.43. The predicted octanol–water partition coefficient (Wildman–Crippen LogP) is 4.55. The summed E-state index contributed by atoms with van der Waals surface area (Å²) in [6.45, 7) is 6.91. The maximum absolute atomic E-state index is 12.6. The highest BCUT2D eigenvalue weighted by Gasteiger charge is 2.17. The van der Waals surface area contributed by atoms with Crippen molar-refractivity contribution < 1.29 is 9.53 Å². The van der Waals surface area contributed by atoms with Crippen LogP contribution in [0.2, 0.25) is 5.02 Å². The number of aryl methyl sites for hydroxylation is 1. The Hall–Kier alpha value is -2.25. The molecule has 142 valence electrons. The number of carbonyl (C=O) groups is 1. The van der Waals surface area contributed by atoms with Crippen LogP contribution in [0.4, 0.5) is 0 Å². The molecule has 1 N–H and O–H groups in total. The Labute approximate surface area is 167 Å². The minimum Gasteiger partial charge on any atom is -0.496 e. The molecular weight excluding hydrogens is 384 g/mol. The summed E-state index contributed by atoms with van der Waals surface area (Å²) in [6.07, 6.45) is 0. The fraction of sp³-hybridized carbons (Fsp3) is 0.316.